The van der Waals surface area contributed by atoms with Gasteiger partial charge in [-0.2, -0.15) is 4.31 Å². The number of aromatic nitrogens is 1. The zero-order chi connectivity index (χ0) is 21.5. The van der Waals surface area contributed by atoms with Crippen molar-refractivity contribution in [3.63, 3.8) is 0 Å². The number of sulfonamides is 1. The minimum absolute atomic E-state index is 0.130. The summed E-state index contributed by atoms with van der Waals surface area (Å²) in [7, 11) is -2.29. The van der Waals surface area contributed by atoms with E-state index in [-0.39, 0.29) is 11.4 Å². The van der Waals surface area contributed by atoms with Crippen molar-refractivity contribution in [3.8, 4) is 5.75 Å². The van der Waals surface area contributed by atoms with Gasteiger partial charge >= 0.3 is 0 Å². The molecule has 2 aromatic carbocycles. The molecule has 7 nitrogen and oxygen atoms in total. The van der Waals surface area contributed by atoms with Crippen LogP contribution in [0, 0.1) is 6.92 Å². The number of carbonyl (C=O) groups is 1. The second-order valence-corrected chi connectivity index (χ2v) is 10.3. The molecule has 1 aliphatic heterocycles. The largest absolute Gasteiger partial charge is 0.497 e. The van der Waals surface area contributed by atoms with Gasteiger partial charge in [-0.3, -0.25) is 4.79 Å². The van der Waals surface area contributed by atoms with Crippen molar-refractivity contribution in [2.24, 2.45) is 0 Å². The number of hydrogen-bond donors (Lipinski definition) is 1. The van der Waals surface area contributed by atoms with E-state index in [1.807, 2.05) is 13.0 Å². The van der Waals surface area contributed by atoms with E-state index >= 15 is 0 Å². The van der Waals surface area contributed by atoms with Crippen molar-refractivity contribution in [2.75, 3.05) is 19.0 Å². The third kappa shape index (κ3) is 3.78. The Labute approximate surface area is 183 Å². The summed E-state index contributed by atoms with van der Waals surface area (Å²) in [6.07, 6.45) is 1.06. The standard InChI is InChI=1S/C20H20ClN3O4S2/c1-12-5-10-15(21)18-17(12)22-20(29-18)23-19(25)16-4-3-11-24(16)30(26,27)14-8-6-13(28-2)7-9-14/h5-10,16H,3-4,11H2,1-2H3,(H,22,23,25). The molecule has 10 heteroatoms. The highest BCUT2D eigenvalue weighted by Crippen LogP contribution is 2.34. The third-order valence-electron chi connectivity index (χ3n) is 5.10. The van der Waals surface area contributed by atoms with Gasteiger partial charge in [-0.05, 0) is 55.7 Å². The van der Waals surface area contributed by atoms with Gasteiger partial charge in [0.05, 0.1) is 27.2 Å². The predicted octanol–water partition coefficient (Wildman–Crippen LogP) is 4.06. The lowest BCUT2D eigenvalue weighted by atomic mass is 10.2. The average molecular weight is 466 g/mol. The van der Waals surface area contributed by atoms with E-state index in [4.69, 9.17) is 16.3 Å². The molecule has 0 aliphatic carbocycles. The second kappa shape index (κ2) is 8.14. The fourth-order valence-corrected chi connectivity index (χ4v) is 6.39. The summed E-state index contributed by atoms with van der Waals surface area (Å²) in [4.78, 5) is 17.5. The number of benzene rings is 2. The molecule has 1 saturated heterocycles. The Morgan fingerprint density at radius 3 is 2.67 bits per heavy atom. The summed E-state index contributed by atoms with van der Waals surface area (Å²) < 4.78 is 33.4. The molecule has 0 radical (unpaired) electrons. The van der Waals surface area contributed by atoms with E-state index in [0.29, 0.717) is 28.7 Å². The molecule has 30 heavy (non-hydrogen) atoms. The van der Waals surface area contributed by atoms with E-state index in [0.717, 1.165) is 15.8 Å². The van der Waals surface area contributed by atoms with Gasteiger partial charge in [0.1, 0.15) is 11.8 Å². The second-order valence-electron chi connectivity index (χ2n) is 7.00. The van der Waals surface area contributed by atoms with Crippen LogP contribution in [0.15, 0.2) is 41.3 Å². The highest BCUT2D eigenvalue weighted by Gasteiger charge is 2.39. The van der Waals surface area contributed by atoms with E-state index in [1.165, 1.54) is 34.9 Å². The number of halogens is 1. The van der Waals surface area contributed by atoms with Gasteiger partial charge in [0, 0.05) is 6.54 Å². The number of methoxy groups -OCH3 is 1. The number of aryl methyl sites for hydroxylation is 1. The van der Waals surface area contributed by atoms with Crippen LogP contribution in [0.4, 0.5) is 5.13 Å². The molecule has 3 aromatic rings. The number of ether oxygens (including phenoxy) is 1. The van der Waals surface area contributed by atoms with Crippen LogP contribution in [-0.4, -0.2) is 43.3 Å². The number of carbonyl (C=O) groups excluding carboxylic acids is 1. The van der Waals surface area contributed by atoms with Crippen LogP contribution in [0.3, 0.4) is 0 Å². The van der Waals surface area contributed by atoms with Gasteiger partial charge in [0.2, 0.25) is 15.9 Å². The van der Waals surface area contributed by atoms with Crippen LogP contribution >= 0.6 is 22.9 Å². The maximum absolute atomic E-state index is 13.1. The Morgan fingerprint density at radius 1 is 1.27 bits per heavy atom. The number of rotatable bonds is 5. The number of nitrogens with one attached hydrogen (secondary N) is 1. The first-order chi connectivity index (χ1) is 14.3. The predicted molar refractivity (Wildman–Crippen MR) is 118 cm³/mol. The minimum atomic E-state index is -3.81. The molecule has 1 aliphatic rings. The zero-order valence-corrected chi connectivity index (χ0v) is 18.8. The van der Waals surface area contributed by atoms with Gasteiger partial charge in [-0.1, -0.05) is 29.0 Å². The summed E-state index contributed by atoms with van der Waals surface area (Å²) >= 11 is 7.52. The maximum Gasteiger partial charge on any atom is 0.244 e. The third-order valence-corrected chi connectivity index (χ3v) is 8.45. The molecular formula is C20H20ClN3O4S2. The Morgan fingerprint density at radius 2 is 2.00 bits per heavy atom. The summed E-state index contributed by atoms with van der Waals surface area (Å²) in [5, 5.41) is 3.75. The average Bonchev–Trinajstić information content (AvgIpc) is 3.39. The first kappa shape index (κ1) is 21.0. The van der Waals surface area contributed by atoms with Crippen LogP contribution in [0.25, 0.3) is 10.2 Å². The van der Waals surface area contributed by atoms with Crippen molar-refractivity contribution in [3.05, 3.63) is 47.0 Å². The molecule has 1 amide bonds. The summed E-state index contributed by atoms with van der Waals surface area (Å²) in [5.41, 5.74) is 1.69. The Hall–Kier alpha value is -2.20. The molecule has 0 bridgehead atoms. The van der Waals surface area contributed by atoms with Crippen molar-refractivity contribution < 1.29 is 17.9 Å². The highest BCUT2D eigenvalue weighted by atomic mass is 35.5. The quantitative estimate of drug-likeness (QED) is 0.613. The molecule has 1 aromatic heterocycles. The Balaban J connectivity index is 1.57. The van der Waals surface area contributed by atoms with Crippen LogP contribution in [-0.2, 0) is 14.8 Å². The highest BCUT2D eigenvalue weighted by molar-refractivity contribution is 7.89. The molecule has 1 atom stereocenters. The number of nitrogens with zero attached hydrogens (tertiary/aromatic N) is 2. The van der Waals surface area contributed by atoms with E-state index in [2.05, 4.69) is 10.3 Å². The SMILES string of the molecule is COc1ccc(S(=O)(=O)N2CCCC2C(=O)Nc2nc3c(C)ccc(Cl)c3s2)cc1. The molecule has 0 spiro atoms. The van der Waals surface area contributed by atoms with Crippen molar-refractivity contribution in [1.29, 1.82) is 0 Å². The summed E-state index contributed by atoms with van der Waals surface area (Å²) in [6, 6.07) is 9.02. The fraction of sp³-hybridized carbons (Fsp3) is 0.300. The number of hydrogen-bond acceptors (Lipinski definition) is 6. The van der Waals surface area contributed by atoms with Gasteiger partial charge in [-0.25, -0.2) is 13.4 Å². The van der Waals surface area contributed by atoms with Crippen LogP contribution < -0.4 is 10.1 Å². The first-order valence-electron chi connectivity index (χ1n) is 9.33. The van der Waals surface area contributed by atoms with Gasteiger partial charge in [0.15, 0.2) is 5.13 Å². The van der Waals surface area contributed by atoms with E-state index in [9.17, 15) is 13.2 Å². The number of thiazole rings is 1. The smallest absolute Gasteiger partial charge is 0.244 e. The van der Waals surface area contributed by atoms with Crippen molar-refractivity contribution in [1.82, 2.24) is 9.29 Å². The Bertz CT molecular complexity index is 1170. The lowest BCUT2D eigenvalue weighted by Crippen LogP contribution is -2.43. The summed E-state index contributed by atoms with van der Waals surface area (Å²) in [5.74, 6) is 0.173. The lowest BCUT2D eigenvalue weighted by Gasteiger charge is -2.23. The molecule has 0 saturated carbocycles. The zero-order valence-electron chi connectivity index (χ0n) is 16.4. The van der Waals surface area contributed by atoms with E-state index in [1.54, 1.807) is 18.2 Å². The maximum atomic E-state index is 13.1. The molecule has 1 unspecified atom stereocenters. The Kier molecular flexibility index (Phi) is 5.71. The van der Waals surface area contributed by atoms with Crippen molar-refractivity contribution >= 4 is 54.2 Å². The first-order valence-corrected chi connectivity index (χ1v) is 12.0. The van der Waals surface area contributed by atoms with E-state index < -0.39 is 22.0 Å². The van der Waals surface area contributed by atoms with Gasteiger partial charge < -0.3 is 10.1 Å². The lowest BCUT2D eigenvalue weighted by molar-refractivity contribution is -0.119. The summed E-state index contributed by atoms with van der Waals surface area (Å²) in [6.45, 7) is 2.21. The van der Waals surface area contributed by atoms with Crippen LogP contribution in [0.1, 0.15) is 18.4 Å². The molecular weight excluding hydrogens is 446 g/mol. The molecule has 4 rings (SSSR count). The molecule has 158 valence electrons. The monoisotopic (exact) mass is 465 g/mol. The molecule has 2 heterocycles. The fourth-order valence-electron chi connectivity index (χ4n) is 3.52. The van der Waals surface area contributed by atoms with Gasteiger partial charge in [-0.15, -0.1) is 0 Å². The molecule has 1 N–H and O–H groups in total. The van der Waals surface area contributed by atoms with Gasteiger partial charge in [0.25, 0.3) is 0 Å². The minimum Gasteiger partial charge on any atom is -0.497 e. The number of anilines is 1. The van der Waals surface area contributed by atoms with Crippen LogP contribution in [0.2, 0.25) is 5.02 Å². The number of fused-ring (bicyclic) bond motifs is 1. The topological polar surface area (TPSA) is 88.6 Å². The van der Waals surface area contributed by atoms with Crippen molar-refractivity contribution in [2.45, 2.75) is 30.7 Å². The number of amides is 1. The normalized spacial score (nSPS) is 17.4. The van der Waals surface area contributed by atoms with Crippen LogP contribution in [0.5, 0.6) is 5.75 Å². The molecule has 1 fully saturated rings.